The lowest BCUT2D eigenvalue weighted by Crippen LogP contribution is -2.22. The normalized spacial score (nSPS) is 11.1. The Labute approximate surface area is 81.5 Å². The maximum absolute atomic E-state index is 11.9. The summed E-state index contributed by atoms with van der Waals surface area (Å²) < 4.78 is 35.7. The van der Waals surface area contributed by atoms with Gasteiger partial charge in [-0.3, -0.25) is 14.9 Å². The number of nitro groups is 1. The molecule has 0 aliphatic heterocycles. The van der Waals surface area contributed by atoms with E-state index in [1.165, 1.54) is 0 Å². The van der Waals surface area contributed by atoms with Crippen LogP contribution in [-0.2, 0) is 0 Å². The number of carbonyl (C=O) groups is 1. The first-order valence-corrected chi connectivity index (χ1v) is 3.68. The Morgan fingerprint density at radius 3 is 2.00 bits per heavy atom. The summed E-state index contributed by atoms with van der Waals surface area (Å²) in [6.45, 7) is 0. The summed E-state index contributed by atoms with van der Waals surface area (Å²) in [6, 6.07) is 3.24. The number of carbonyl (C=O) groups excluding carboxylic acids is 1. The van der Waals surface area contributed by atoms with Gasteiger partial charge in [-0.15, -0.1) is 0 Å². The quantitative estimate of drug-likeness (QED) is 0.435. The number of non-ortho nitro benzene ring substituents is 1. The van der Waals surface area contributed by atoms with Crippen molar-refractivity contribution in [3.05, 3.63) is 39.9 Å². The molecule has 80 valence electrons. The van der Waals surface area contributed by atoms with Crippen molar-refractivity contribution in [2.45, 2.75) is 6.18 Å². The van der Waals surface area contributed by atoms with Crippen LogP contribution >= 0.6 is 0 Å². The number of nitrogens with zero attached hydrogens (tertiary/aromatic N) is 1. The number of alkyl halides is 3. The van der Waals surface area contributed by atoms with Crippen LogP contribution in [0.1, 0.15) is 10.4 Å². The summed E-state index contributed by atoms with van der Waals surface area (Å²) in [7, 11) is 0. The van der Waals surface area contributed by atoms with Gasteiger partial charge in [0, 0.05) is 17.7 Å². The largest absolute Gasteiger partial charge is 0.454 e. The Balaban J connectivity index is 3.00. The van der Waals surface area contributed by atoms with Gasteiger partial charge in [0.15, 0.2) is 0 Å². The molecule has 0 atom stereocenters. The minimum Gasteiger partial charge on any atom is -0.284 e. The zero-order valence-electron chi connectivity index (χ0n) is 7.12. The fourth-order valence-corrected chi connectivity index (χ4v) is 0.898. The lowest BCUT2D eigenvalue weighted by molar-refractivity contribution is -0.384. The monoisotopic (exact) mass is 219 g/mol. The zero-order chi connectivity index (χ0) is 11.6. The Morgan fingerprint density at radius 2 is 1.67 bits per heavy atom. The standard InChI is InChI=1S/C8H4F3NO3/c9-8(10,11)7(13)5-1-3-6(4-2-5)12(14)15/h1-4H. The molecule has 0 aromatic heterocycles. The SMILES string of the molecule is O=C(c1ccc([N+](=O)[O-])cc1)C(F)(F)F. The predicted octanol–water partition coefficient (Wildman–Crippen LogP) is 2.34. The predicted molar refractivity (Wildman–Crippen MR) is 43.5 cm³/mol. The smallest absolute Gasteiger partial charge is 0.284 e. The molecule has 0 bridgehead atoms. The van der Waals surface area contributed by atoms with Gasteiger partial charge in [0.1, 0.15) is 0 Å². The number of rotatable bonds is 2. The summed E-state index contributed by atoms with van der Waals surface area (Å²) in [6.07, 6.45) is -4.96. The van der Waals surface area contributed by atoms with Crippen LogP contribution in [0.2, 0.25) is 0 Å². The van der Waals surface area contributed by atoms with Crippen LogP contribution in [0, 0.1) is 10.1 Å². The van der Waals surface area contributed by atoms with E-state index in [1.807, 2.05) is 0 Å². The molecule has 4 nitrogen and oxygen atoms in total. The molecule has 0 saturated carbocycles. The second-order valence-electron chi connectivity index (χ2n) is 2.63. The molecular weight excluding hydrogens is 215 g/mol. The van der Waals surface area contributed by atoms with E-state index in [2.05, 4.69) is 0 Å². The number of halogens is 3. The lowest BCUT2D eigenvalue weighted by Gasteiger charge is -2.03. The van der Waals surface area contributed by atoms with E-state index in [-0.39, 0.29) is 5.69 Å². The highest BCUT2D eigenvalue weighted by Crippen LogP contribution is 2.22. The third kappa shape index (κ3) is 2.52. The van der Waals surface area contributed by atoms with Crippen molar-refractivity contribution >= 4 is 11.5 Å². The van der Waals surface area contributed by atoms with Crippen molar-refractivity contribution in [3.8, 4) is 0 Å². The van der Waals surface area contributed by atoms with Crippen molar-refractivity contribution in [3.63, 3.8) is 0 Å². The lowest BCUT2D eigenvalue weighted by atomic mass is 10.1. The van der Waals surface area contributed by atoms with E-state index in [0.29, 0.717) is 0 Å². The maximum Gasteiger partial charge on any atom is 0.454 e. The fourth-order valence-electron chi connectivity index (χ4n) is 0.898. The summed E-state index contributed by atoms with van der Waals surface area (Å²) in [5.74, 6) is -2.02. The van der Waals surface area contributed by atoms with Gasteiger partial charge in [0.05, 0.1) is 4.92 Å². The molecule has 1 aromatic rings. The maximum atomic E-state index is 11.9. The van der Waals surface area contributed by atoms with Gasteiger partial charge >= 0.3 is 6.18 Å². The molecule has 7 heteroatoms. The van der Waals surface area contributed by atoms with Gasteiger partial charge in [-0.1, -0.05) is 0 Å². The van der Waals surface area contributed by atoms with Crippen molar-refractivity contribution in [1.29, 1.82) is 0 Å². The first-order valence-electron chi connectivity index (χ1n) is 3.68. The van der Waals surface area contributed by atoms with E-state index in [0.717, 1.165) is 24.3 Å². The molecule has 0 aliphatic carbocycles. The average Bonchev–Trinajstić information content (AvgIpc) is 2.15. The number of Topliss-reactive ketones (excluding diaryl/α,β-unsaturated/α-hetero) is 1. The van der Waals surface area contributed by atoms with E-state index in [1.54, 1.807) is 0 Å². The first-order chi connectivity index (χ1) is 6.82. The third-order valence-electron chi connectivity index (χ3n) is 1.60. The minimum absolute atomic E-state index is 0.367. The number of hydrogen-bond donors (Lipinski definition) is 0. The number of benzene rings is 1. The molecule has 1 rings (SSSR count). The number of hydrogen-bond acceptors (Lipinski definition) is 3. The number of nitro benzene ring substituents is 1. The van der Waals surface area contributed by atoms with Crippen LogP contribution in [0.3, 0.4) is 0 Å². The topological polar surface area (TPSA) is 60.2 Å². The van der Waals surface area contributed by atoms with Gasteiger partial charge in [-0.05, 0) is 12.1 Å². The average molecular weight is 219 g/mol. The summed E-state index contributed by atoms with van der Waals surface area (Å²) >= 11 is 0. The van der Waals surface area contributed by atoms with Crippen LogP contribution in [0.25, 0.3) is 0 Å². The Hall–Kier alpha value is -1.92. The van der Waals surface area contributed by atoms with Crippen LogP contribution in [0.5, 0.6) is 0 Å². The van der Waals surface area contributed by atoms with E-state index < -0.39 is 22.4 Å². The van der Waals surface area contributed by atoms with Crippen molar-refractivity contribution < 1.29 is 22.9 Å². The van der Waals surface area contributed by atoms with Crippen LogP contribution < -0.4 is 0 Å². The highest BCUT2D eigenvalue weighted by atomic mass is 19.4. The molecule has 0 amide bonds. The van der Waals surface area contributed by atoms with Gasteiger partial charge in [0.2, 0.25) is 0 Å². The van der Waals surface area contributed by atoms with E-state index >= 15 is 0 Å². The fraction of sp³-hybridized carbons (Fsp3) is 0.125. The Kier molecular flexibility index (Phi) is 2.74. The van der Waals surface area contributed by atoms with Crippen LogP contribution in [0.4, 0.5) is 18.9 Å². The summed E-state index contributed by atoms with van der Waals surface area (Å²) in [4.78, 5) is 20.1. The molecule has 0 spiro atoms. The van der Waals surface area contributed by atoms with E-state index in [4.69, 9.17) is 0 Å². The molecule has 0 N–H and O–H groups in total. The first kappa shape index (κ1) is 11.2. The zero-order valence-corrected chi connectivity index (χ0v) is 7.12. The Bertz CT molecular complexity index is 397. The van der Waals surface area contributed by atoms with Crippen LogP contribution in [-0.4, -0.2) is 16.9 Å². The molecule has 0 fully saturated rings. The molecule has 0 radical (unpaired) electrons. The molecular formula is C8H4F3NO3. The Morgan fingerprint density at radius 1 is 1.20 bits per heavy atom. The van der Waals surface area contributed by atoms with Gasteiger partial charge in [-0.2, -0.15) is 13.2 Å². The van der Waals surface area contributed by atoms with E-state index in [9.17, 15) is 28.1 Å². The molecule has 0 aliphatic rings. The van der Waals surface area contributed by atoms with Crippen molar-refractivity contribution in [1.82, 2.24) is 0 Å². The molecule has 1 aromatic carbocycles. The highest BCUT2D eigenvalue weighted by Gasteiger charge is 2.39. The van der Waals surface area contributed by atoms with Crippen molar-refractivity contribution in [2.75, 3.05) is 0 Å². The molecule has 0 unspecified atom stereocenters. The third-order valence-corrected chi connectivity index (χ3v) is 1.60. The minimum atomic E-state index is -4.96. The molecule has 0 heterocycles. The number of ketones is 1. The second kappa shape index (κ2) is 3.68. The van der Waals surface area contributed by atoms with Crippen molar-refractivity contribution in [2.24, 2.45) is 0 Å². The van der Waals surface area contributed by atoms with Crippen LogP contribution in [0.15, 0.2) is 24.3 Å². The molecule has 15 heavy (non-hydrogen) atoms. The molecule has 0 saturated heterocycles. The second-order valence-corrected chi connectivity index (χ2v) is 2.63. The van der Waals surface area contributed by atoms with Gasteiger partial charge in [-0.25, -0.2) is 0 Å². The highest BCUT2D eigenvalue weighted by molar-refractivity contribution is 6.00. The van der Waals surface area contributed by atoms with Gasteiger partial charge < -0.3 is 0 Å². The van der Waals surface area contributed by atoms with Gasteiger partial charge in [0.25, 0.3) is 11.5 Å². The summed E-state index contributed by atoms with van der Waals surface area (Å²) in [5, 5.41) is 10.2. The summed E-state index contributed by atoms with van der Waals surface area (Å²) in [5.41, 5.74) is -0.984.